The molecule has 4 nitrogen and oxygen atoms in total. The van der Waals surface area contributed by atoms with Gasteiger partial charge < -0.3 is 9.47 Å². The molecule has 1 saturated heterocycles. The first-order valence-electron chi connectivity index (χ1n) is 6.93. The summed E-state index contributed by atoms with van der Waals surface area (Å²) in [6.07, 6.45) is -2.59. The van der Waals surface area contributed by atoms with Crippen LogP contribution in [0.3, 0.4) is 0 Å². The average molecular weight is 297 g/mol. The van der Waals surface area contributed by atoms with Gasteiger partial charge in [-0.1, -0.05) is 13.3 Å². The van der Waals surface area contributed by atoms with Crippen molar-refractivity contribution in [2.75, 3.05) is 19.8 Å². The van der Waals surface area contributed by atoms with Gasteiger partial charge in [-0.25, -0.2) is 0 Å². The van der Waals surface area contributed by atoms with Gasteiger partial charge in [0.05, 0.1) is 19.3 Å². The van der Waals surface area contributed by atoms with Crippen molar-refractivity contribution in [3.05, 3.63) is 0 Å². The molecule has 0 spiro atoms. The Hall–Kier alpha value is -0.820. The zero-order chi connectivity index (χ0) is 15.2. The molecule has 0 aromatic carbocycles. The van der Waals surface area contributed by atoms with Crippen LogP contribution in [0.1, 0.15) is 39.5 Å². The topological polar surface area (TPSA) is 47.6 Å². The van der Waals surface area contributed by atoms with Gasteiger partial charge in [0.25, 0.3) is 0 Å². The van der Waals surface area contributed by atoms with Crippen molar-refractivity contribution in [3.8, 4) is 0 Å². The Bertz CT molecular complexity index is 320. The fourth-order valence-electron chi connectivity index (χ4n) is 2.41. The number of hydrogen-bond donors (Lipinski definition) is 1. The van der Waals surface area contributed by atoms with Crippen molar-refractivity contribution in [2.45, 2.75) is 57.3 Å². The highest BCUT2D eigenvalue weighted by molar-refractivity contribution is 5.81. The number of hydrogen-bond acceptors (Lipinski definition) is 4. The summed E-state index contributed by atoms with van der Waals surface area (Å²) in [6, 6.07) is 0. The first-order chi connectivity index (χ1) is 9.33. The molecule has 0 amide bonds. The molecule has 0 aliphatic carbocycles. The van der Waals surface area contributed by atoms with Crippen molar-refractivity contribution in [2.24, 2.45) is 0 Å². The van der Waals surface area contributed by atoms with Crippen LogP contribution in [0.25, 0.3) is 0 Å². The largest absolute Gasteiger partial charge is 0.465 e. The molecule has 1 rings (SSSR count). The quantitative estimate of drug-likeness (QED) is 0.765. The highest BCUT2D eigenvalue weighted by Gasteiger charge is 2.46. The lowest BCUT2D eigenvalue weighted by atomic mass is 9.85. The zero-order valence-electron chi connectivity index (χ0n) is 11.9. The van der Waals surface area contributed by atoms with E-state index in [2.05, 4.69) is 5.32 Å². The van der Waals surface area contributed by atoms with Gasteiger partial charge in [0.1, 0.15) is 5.54 Å². The maximum Gasteiger partial charge on any atom is 0.401 e. The number of nitrogens with one attached hydrogen (secondary N) is 1. The third-order valence-electron chi connectivity index (χ3n) is 3.36. The lowest BCUT2D eigenvalue weighted by Gasteiger charge is -2.39. The summed E-state index contributed by atoms with van der Waals surface area (Å²) in [5.74, 6) is -0.617. The lowest BCUT2D eigenvalue weighted by Crippen LogP contribution is -2.59. The minimum Gasteiger partial charge on any atom is -0.465 e. The molecular weight excluding hydrogens is 275 g/mol. The summed E-state index contributed by atoms with van der Waals surface area (Å²) in [4.78, 5) is 12.1. The first-order valence-corrected chi connectivity index (χ1v) is 6.93. The van der Waals surface area contributed by atoms with Crippen molar-refractivity contribution in [1.29, 1.82) is 0 Å². The maximum atomic E-state index is 12.4. The van der Waals surface area contributed by atoms with E-state index in [0.29, 0.717) is 0 Å². The van der Waals surface area contributed by atoms with E-state index in [4.69, 9.17) is 9.47 Å². The third-order valence-corrected chi connectivity index (χ3v) is 3.36. The van der Waals surface area contributed by atoms with E-state index in [1.165, 1.54) is 0 Å². The van der Waals surface area contributed by atoms with E-state index in [-0.39, 0.29) is 32.2 Å². The molecule has 1 aliphatic rings. The number of halogens is 3. The molecule has 118 valence electrons. The van der Waals surface area contributed by atoms with Crippen LogP contribution in [-0.4, -0.2) is 43.5 Å². The molecule has 1 heterocycles. The van der Waals surface area contributed by atoms with E-state index in [1.54, 1.807) is 6.92 Å². The molecule has 2 unspecified atom stereocenters. The average Bonchev–Trinajstić information content (AvgIpc) is 2.37. The van der Waals surface area contributed by atoms with Crippen LogP contribution in [0.15, 0.2) is 0 Å². The second-order valence-corrected chi connectivity index (χ2v) is 5.01. The van der Waals surface area contributed by atoms with E-state index >= 15 is 0 Å². The second-order valence-electron chi connectivity index (χ2n) is 5.01. The van der Waals surface area contributed by atoms with Crippen molar-refractivity contribution in [1.82, 2.24) is 5.32 Å². The van der Waals surface area contributed by atoms with Gasteiger partial charge in [0.15, 0.2) is 0 Å². The van der Waals surface area contributed by atoms with Crippen molar-refractivity contribution < 1.29 is 27.4 Å². The number of carbonyl (C=O) groups excluding carboxylic acids is 1. The normalized spacial score (nSPS) is 27.4. The van der Waals surface area contributed by atoms with Gasteiger partial charge >= 0.3 is 12.1 Å². The Labute approximate surface area is 117 Å². The highest BCUT2D eigenvalue weighted by atomic mass is 19.4. The van der Waals surface area contributed by atoms with E-state index in [9.17, 15) is 18.0 Å². The van der Waals surface area contributed by atoms with Crippen LogP contribution in [-0.2, 0) is 14.3 Å². The summed E-state index contributed by atoms with van der Waals surface area (Å²) in [6.45, 7) is 2.80. The van der Waals surface area contributed by atoms with Gasteiger partial charge in [-0.15, -0.1) is 0 Å². The van der Waals surface area contributed by atoms with Crippen LogP contribution in [0.4, 0.5) is 13.2 Å². The van der Waals surface area contributed by atoms with E-state index < -0.39 is 24.2 Å². The Balaban J connectivity index is 2.80. The maximum absolute atomic E-state index is 12.4. The number of carbonyl (C=O) groups is 1. The molecule has 1 N–H and O–H groups in total. The number of alkyl halides is 3. The monoisotopic (exact) mass is 297 g/mol. The van der Waals surface area contributed by atoms with E-state index in [0.717, 1.165) is 12.8 Å². The molecule has 1 aliphatic heterocycles. The molecule has 7 heteroatoms. The minimum absolute atomic E-state index is 0.146. The molecule has 0 bridgehead atoms. The molecule has 2 atom stereocenters. The summed E-state index contributed by atoms with van der Waals surface area (Å²) in [5.41, 5.74) is -1.29. The van der Waals surface area contributed by atoms with Gasteiger partial charge in [0.2, 0.25) is 0 Å². The summed E-state index contributed by atoms with van der Waals surface area (Å²) >= 11 is 0. The number of esters is 1. The highest BCUT2D eigenvalue weighted by Crippen LogP contribution is 2.29. The summed E-state index contributed by atoms with van der Waals surface area (Å²) < 4.78 is 47.7. The predicted octanol–water partition coefficient (Wildman–Crippen LogP) is 2.42. The molecule has 20 heavy (non-hydrogen) atoms. The number of rotatable bonds is 6. The Morgan fingerprint density at radius 1 is 1.45 bits per heavy atom. The number of ether oxygens (including phenoxy) is 2. The molecule has 0 aromatic heterocycles. The van der Waals surface area contributed by atoms with Crippen LogP contribution >= 0.6 is 0 Å². The van der Waals surface area contributed by atoms with Crippen LogP contribution in [0.2, 0.25) is 0 Å². The second kappa shape index (κ2) is 7.26. The molecule has 1 fully saturated rings. The van der Waals surface area contributed by atoms with Crippen molar-refractivity contribution >= 4 is 5.97 Å². The lowest BCUT2D eigenvalue weighted by molar-refractivity contribution is -0.164. The third kappa shape index (κ3) is 4.94. The zero-order valence-corrected chi connectivity index (χ0v) is 11.9. The van der Waals surface area contributed by atoms with Gasteiger partial charge in [-0.3, -0.25) is 10.1 Å². The van der Waals surface area contributed by atoms with Crippen molar-refractivity contribution in [3.63, 3.8) is 0 Å². The van der Waals surface area contributed by atoms with Crippen LogP contribution in [0, 0.1) is 0 Å². The molecule has 0 aromatic rings. The van der Waals surface area contributed by atoms with Gasteiger partial charge in [-0.2, -0.15) is 13.2 Å². The Kier molecular flexibility index (Phi) is 6.26. The fraction of sp³-hybridized carbons (Fsp3) is 0.923. The Morgan fingerprint density at radius 3 is 2.70 bits per heavy atom. The minimum atomic E-state index is -4.36. The summed E-state index contributed by atoms with van der Waals surface area (Å²) in [5, 5.41) is 2.37. The molecule has 0 saturated carbocycles. The molecule has 0 radical (unpaired) electrons. The first kappa shape index (κ1) is 17.2. The SMILES string of the molecule is CCCC1CC(NCC(F)(F)F)(C(=O)OCC)CCO1. The van der Waals surface area contributed by atoms with Crippen LogP contribution in [0.5, 0.6) is 0 Å². The standard InChI is InChI=1S/C13H22F3NO3/c1-3-5-10-8-12(6-7-20-10,11(18)19-4-2)17-9-13(14,15)16/h10,17H,3-9H2,1-2H3. The van der Waals surface area contributed by atoms with Gasteiger partial charge in [0, 0.05) is 13.0 Å². The predicted molar refractivity (Wildman–Crippen MR) is 67.3 cm³/mol. The van der Waals surface area contributed by atoms with Gasteiger partial charge in [-0.05, 0) is 19.8 Å². The fourth-order valence-corrected chi connectivity index (χ4v) is 2.41. The van der Waals surface area contributed by atoms with Crippen LogP contribution < -0.4 is 5.32 Å². The Morgan fingerprint density at radius 2 is 2.15 bits per heavy atom. The summed E-state index contributed by atoms with van der Waals surface area (Å²) in [7, 11) is 0. The smallest absolute Gasteiger partial charge is 0.401 e. The molecular formula is C13H22F3NO3. The van der Waals surface area contributed by atoms with E-state index in [1.807, 2.05) is 6.92 Å².